The molecule has 3 aromatic rings. The highest BCUT2D eigenvalue weighted by Gasteiger charge is 2.26. The normalized spacial score (nSPS) is 11.6. The Kier molecular flexibility index (Phi) is 6.49. The van der Waals surface area contributed by atoms with Crippen LogP contribution in [0.15, 0.2) is 65.4 Å². The largest absolute Gasteiger partial charge is 0.335 e. The highest BCUT2D eigenvalue weighted by molar-refractivity contribution is 9.10. The maximum absolute atomic E-state index is 13.0. The van der Waals surface area contributed by atoms with E-state index >= 15 is 0 Å². The van der Waals surface area contributed by atoms with Gasteiger partial charge in [-0.2, -0.15) is 0 Å². The molecular formula is C19H19BrN6O2. The van der Waals surface area contributed by atoms with Gasteiger partial charge in [0, 0.05) is 17.9 Å². The van der Waals surface area contributed by atoms with E-state index in [-0.39, 0.29) is 18.4 Å². The molecule has 0 saturated carbocycles. The second kappa shape index (κ2) is 9.23. The van der Waals surface area contributed by atoms with Crippen LogP contribution in [-0.4, -0.2) is 50.5 Å². The van der Waals surface area contributed by atoms with Gasteiger partial charge in [-0.3, -0.25) is 9.59 Å². The first kappa shape index (κ1) is 19.7. The van der Waals surface area contributed by atoms with Gasteiger partial charge in [0.1, 0.15) is 12.4 Å². The summed E-state index contributed by atoms with van der Waals surface area (Å²) < 4.78 is 2.19. The highest BCUT2D eigenvalue weighted by Crippen LogP contribution is 2.21. The summed E-state index contributed by atoms with van der Waals surface area (Å²) in [5.74, 6) is -0.545. The lowest BCUT2D eigenvalue weighted by molar-refractivity contribution is -0.136. The Labute approximate surface area is 170 Å². The molecule has 1 N–H and O–H groups in total. The fraction of sp³-hybridized carbons (Fsp3) is 0.211. The molecule has 0 saturated heterocycles. The molecule has 2 amide bonds. The van der Waals surface area contributed by atoms with Gasteiger partial charge in [-0.15, -0.1) is 5.10 Å². The minimum absolute atomic E-state index is 0.0897. The number of halogens is 1. The number of carbonyl (C=O) groups excluding carboxylic acids is 2. The van der Waals surface area contributed by atoms with Crippen LogP contribution in [0, 0.1) is 0 Å². The van der Waals surface area contributed by atoms with E-state index in [1.807, 2.05) is 48.5 Å². The first-order valence-corrected chi connectivity index (χ1v) is 9.39. The van der Waals surface area contributed by atoms with E-state index in [1.54, 1.807) is 13.1 Å². The van der Waals surface area contributed by atoms with Gasteiger partial charge in [0.05, 0.1) is 12.2 Å². The van der Waals surface area contributed by atoms with Gasteiger partial charge in [-0.25, -0.2) is 4.68 Å². The Bertz CT molecular complexity index is 933. The Morgan fingerprint density at radius 2 is 1.86 bits per heavy atom. The number of aromatic nitrogens is 4. The van der Waals surface area contributed by atoms with Crippen LogP contribution in [0.4, 0.5) is 5.69 Å². The number of amides is 2. The molecule has 144 valence electrons. The van der Waals surface area contributed by atoms with Crippen molar-refractivity contribution < 1.29 is 9.59 Å². The zero-order chi connectivity index (χ0) is 19.9. The van der Waals surface area contributed by atoms with Gasteiger partial charge in [0.2, 0.25) is 11.8 Å². The molecule has 0 radical (unpaired) electrons. The lowest BCUT2D eigenvalue weighted by atomic mass is 10.1. The van der Waals surface area contributed by atoms with Crippen LogP contribution in [0.5, 0.6) is 0 Å². The molecule has 1 aromatic heterocycles. The first-order chi connectivity index (χ1) is 13.5. The van der Waals surface area contributed by atoms with Crippen molar-refractivity contribution in [1.29, 1.82) is 0 Å². The van der Waals surface area contributed by atoms with Gasteiger partial charge >= 0.3 is 0 Å². The number of nitrogens with one attached hydrogen (secondary N) is 1. The third kappa shape index (κ3) is 5.01. The number of rotatable bonds is 7. The summed E-state index contributed by atoms with van der Waals surface area (Å²) in [6, 6.07) is 16.2. The van der Waals surface area contributed by atoms with Crippen molar-refractivity contribution in [3.05, 3.63) is 71.0 Å². The molecule has 0 aliphatic carbocycles. The van der Waals surface area contributed by atoms with E-state index in [2.05, 4.69) is 36.8 Å². The maximum Gasteiger partial charge on any atom is 0.248 e. The van der Waals surface area contributed by atoms with Crippen molar-refractivity contribution in [3.63, 3.8) is 0 Å². The molecule has 28 heavy (non-hydrogen) atoms. The van der Waals surface area contributed by atoms with Crippen LogP contribution in [-0.2, 0) is 16.0 Å². The predicted octanol–water partition coefficient (Wildman–Crippen LogP) is 2.32. The number of benzene rings is 2. The SMILES string of the molecule is CN(CC(=O)Nc1ccccc1Br)C(=O)C(Cc1ccccc1)n1cnnn1. The minimum Gasteiger partial charge on any atom is -0.335 e. The molecule has 0 aliphatic rings. The number of tetrazole rings is 1. The van der Waals surface area contributed by atoms with Crippen molar-refractivity contribution in [3.8, 4) is 0 Å². The summed E-state index contributed by atoms with van der Waals surface area (Å²) in [4.78, 5) is 26.8. The molecule has 9 heteroatoms. The summed E-state index contributed by atoms with van der Waals surface area (Å²) in [6.07, 6.45) is 1.82. The first-order valence-electron chi connectivity index (χ1n) is 8.60. The zero-order valence-corrected chi connectivity index (χ0v) is 16.8. The van der Waals surface area contributed by atoms with E-state index in [0.717, 1.165) is 10.0 Å². The number of likely N-dealkylation sites (N-methyl/N-ethyl adjacent to an activating group) is 1. The molecule has 2 aromatic carbocycles. The fourth-order valence-corrected chi connectivity index (χ4v) is 3.13. The molecule has 0 fully saturated rings. The van der Waals surface area contributed by atoms with Gasteiger partial charge in [-0.1, -0.05) is 42.5 Å². The number of hydrogen-bond acceptors (Lipinski definition) is 5. The van der Waals surface area contributed by atoms with E-state index in [4.69, 9.17) is 0 Å². The number of carbonyl (C=O) groups is 2. The molecule has 1 unspecified atom stereocenters. The number of para-hydroxylation sites is 1. The van der Waals surface area contributed by atoms with Crippen LogP contribution in [0.25, 0.3) is 0 Å². The summed E-state index contributed by atoms with van der Waals surface area (Å²) >= 11 is 3.39. The molecule has 0 bridgehead atoms. The summed E-state index contributed by atoms with van der Waals surface area (Å²) in [6.45, 7) is -0.0897. The van der Waals surface area contributed by atoms with Gasteiger partial charge < -0.3 is 10.2 Å². The standard InChI is InChI=1S/C19H19BrN6O2/c1-25(12-18(27)22-16-10-6-5-9-15(16)20)19(28)17(26-13-21-23-24-26)11-14-7-3-2-4-8-14/h2-10,13,17H,11-12H2,1H3,(H,22,27). The molecule has 0 spiro atoms. The Hall–Kier alpha value is -3.07. The molecule has 0 aliphatic heterocycles. The average Bonchev–Trinajstić information content (AvgIpc) is 3.22. The predicted molar refractivity (Wildman–Crippen MR) is 107 cm³/mol. The fourth-order valence-electron chi connectivity index (χ4n) is 2.74. The van der Waals surface area contributed by atoms with E-state index < -0.39 is 6.04 Å². The van der Waals surface area contributed by atoms with Crippen LogP contribution in [0.3, 0.4) is 0 Å². The Morgan fingerprint density at radius 1 is 1.14 bits per heavy atom. The monoisotopic (exact) mass is 442 g/mol. The minimum atomic E-state index is -0.640. The van der Waals surface area contributed by atoms with Crippen LogP contribution >= 0.6 is 15.9 Å². The second-order valence-electron chi connectivity index (χ2n) is 6.22. The second-order valence-corrected chi connectivity index (χ2v) is 7.07. The van der Waals surface area contributed by atoms with Crippen LogP contribution in [0.2, 0.25) is 0 Å². The smallest absolute Gasteiger partial charge is 0.248 e. The van der Waals surface area contributed by atoms with Crippen LogP contribution in [0.1, 0.15) is 11.6 Å². The third-order valence-corrected chi connectivity index (χ3v) is 4.84. The summed E-state index contributed by atoms with van der Waals surface area (Å²) in [5.41, 5.74) is 1.62. The topological polar surface area (TPSA) is 93.0 Å². The summed E-state index contributed by atoms with van der Waals surface area (Å²) in [7, 11) is 1.59. The molecule has 8 nitrogen and oxygen atoms in total. The van der Waals surface area contributed by atoms with Crippen molar-refractivity contribution in [2.45, 2.75) is 12.5 Å². The Balaban J connectivity index is 1.69. The molecular weight excluding hydrogens is 424 g/mol. The van der Waals surface area contributed by atoms with E-state index in [1.165, 1.54) is 15.9 Å². The van der Waals surface area contributed by atoms with Crippen LogP contribution < -0.4 is 5.32 Å². The number of nitrogens with zero attached hydrogens (tertiary/aromatic N) is 5. The maximum atomic E-state index is 13.0. The number of anilines is 1. The quantitative estimate of drug-likeness (QED) is 0.605. The van der Waals surface area contributed by atoms with E-state index in [9.17, 15) is 9.59 Å². The highest BCUT2D eigenvalue weighted by atomic mass is 79.9. The lowest BCUT2D eigenvalue weighted by Crippen LogP contribution is -2.40. The van der Waals surface area contributed by atoms with Crippen molar-refractivity contribution in [2.75, 3.05) is 18.9 Å². The van der Waals surface area contributed by atoms with Gasteiger partial charge in [-0.05, 0) is 44.1 Å². The zero-order valence-electron chi connectivity index (χ0n) is 15.2. The molecule has 1 atom stereocenters. The van der Waals surface area contributed by atoms with Crippen molar-refractivity contribution in [2.24, 2.45) is 0 Å². The van der Waals surface area contributed by atoms with Gasteiger partial charge in [0.15, 0.2) is 0 Å². The molecule has 3 rings (SSSR count). The third-order valence-electron chi connectivity index (χ3n) is 4.15. The number of hydrogen-bond donors (Lipinski definition) is 1. The Morgan fingerprint density at radius 3 is 2.54 bits per heavy atom. The van der Waals surface area contributed by atoms with Crippen molar-refractivity contribution >= 4 is 33.4 Å². The van der Waals surface area contributed by atoms with Gasteiger partial charge in [0.25, 0.3) is 0 Å². The average molecular weight is 443 g/mol. The van der Waals surface area contributed by atoms with Crippen molar-refractivity contribution in [1.82, 2.24) is 25.1 Å². The molecule has 1 heterocycles. The lowest BCUT2D eigenvalue weighted by Gasteiger charge is -2.23. The summed E-state index contributed by atoms with van der Waals surface area (Å²) in [5, 5.41) is 13.9. The van der Waals surface area contributed by atoms with E-state index in [0.29, 0.717) is 12.1 Å².